The van der Waals surface area contributed by atoms with Crippen LogP contribution in [0, 0.1) is 0 Å². The van der Waals surface area contributed by atoms with Crippen LogP contribution in [-0.2, 0) is 0 Å². The molecule has 15 rings (SSSR count). The van der Waals surface area contributed by atoms with Gasteiger partial charge in [-0.15, -0.1) is 0 Å². The molecule has 0 unspecified atom stereocenters. The minimum Gasteiger partial charge on any atom is -0.315 e. The number of pyridine rings is 1. The van der Waals surface area contributed by atoms with Gasteiger partial charge in [0, 0.05) is 78.9 Å². The molecule has 336 valence electrons. The normalized spacial score (nSPS) is 11.9. The van der Waals surface area contributed by atoms with E-state index in [1.807, 2.05) is 0 Å². The van der Waals surface area contributed by atoms with Crippen LogP contribution in [0.5, 0.6) is 0 Å². The Bertz CT molecular complexity index is 4580. The van der Waals surface area contributed by atoms with Gasteiger partial charge in [0.05, 0.1) is 33.1 Å². The number of aromatic nitrogens is 5. The molecule has 0 N–H and O–H groups in total. The number of fused-ring (bicyclic) bond motifs is 11. The molecule has 0 saturated carbocycles. The Morgan fingerprint density at radius 1 is 0.292 bits per heavy atom. The lowest BCUT2D eigenvalue weighted by molar-refractivity contribution is 1.09. The van der Waals surface area contributed by atoms with Crippen LogP contribution in [0.4, 0.5) is 0 Å². The highest BCUT2D eigenvalue weighted by Crippen LogP contribution is 2.45. The van der Waals surface area contributed by atoms with Crippen molar-refractivity contribution in [1.82, 2.24) is 23.3 Å². The molecule has 0 saturated heterocycles. The second-order valence-electron chi connectivity index (χ2n) is 18.8. The van der Waals surface area contributed by atoms with Crippen molar-refractivity contribution in [2.45, 2.75) is 0 Å². The Kier molecular flexibility index (Phi) is 8.89. The minimum atomic E-state index is 0.912. The lowest BCUT2D eigenvalue weighted by Gasteiger charge is -2.16. The first-order chi connectivity index (χ1) is 35.7. The fourth-order valence-corrected chi connectivity index (χ4v) is 11.6. The number of nitrogens with zero attached hydrogens (tertiary/aromatic N) is 5. The third-order valence-corrected chi connectivity index (χ3v) is 14.9. The molecule has 5 nitrogen and oxygen atoms in total. The first kappa shape index (κ1) is 40.2. The minimum absolute atomic E-state index is 0.912. The summed E-state index contributed by atoms with van der Waals surface area (Å²) in [6, 6.07) is 87.9. The number of para-hydroxylation sites is 4. The Morgan fingerprint density at radius 2 is 0.806 bits per heavy atom. The second kappa shape index (κ2) is 15.9. The molecular weight excluding hydrogens is 875 g/mol. The number of rotatable bonds is 7. The summed E-state index contributed by atoms with van der Waals surface area (Å²) < 4.78 is 9.53. The molecule has 0 bridgehead atoms. The van der Waals surface area contributed by atoms with E-state index in [2.05, 4.69) is 280 Å². The third-order valence-electron chi connectivity index (χ3n) is 14.9. The molecule has 0 radical (unpaired) electrons. The van der Waals surface area contributed by atoms with E-state index in [9.17, 15) is 0 Å². The predicted octanol–water partition coefficient (Wildman–Crippen LogP) is 17.3. The number of hydrogen-bond donors (Lipinski definition) is 0. The Labute approximate surface area is 414 Å². The van der Waals surface area contributed by atoms with Crippen LogP contribution in [0.15, 0.2) is 261 Å². The molecule has 5 heteroatoms. The van der Waals surface area contributed by atoms with Gasteiger partial charge in [0.2, 0.25) is 0 Å². The topological polar surface area (TPSA) is 32.6 Å². The van der Waals surface area contributed by atoms with E-state index in [1.165, 1.54) is 65.6 Å². The second-order valence-corrected chi connectivity index (χ2v) is 18.8. The molecule has 5 aromatic heterocycles. The summed E-state index contributed by atoms with van der Waals surface area (Å²) in [5.41, 5.74) is 17.3. The molecule has 0 aliphatic heterocycles. The smallest absolute Gasteiger partial charge is 0.145 e. The van der Waals surface area contributed by atoms with Crippen LogP contribution in [0.1, 0.15) is 0 Å². The van der Waals surface area contributed by atoms with Crippen LogP contribution in [0.3, 0.4) is 0 Å². The SMILES string of the molecule is c1ccc(-c2ccc(-n3c4ccccc4c4c(-c5ccc(-c6cnc(-n7c8ccccc8c8ccc9ccn(-c%10ccccc%10)c9c87)c7ccccc67)cc5)cc5ccn(-c6ccccc6)c5c43)cc2)cc1. The van der Waals surface area contributed by atoms with Crippen molar-refractivity contribution in [3.8, 4) is 56.3 Å². The quantitative estimate of drug-likeness (QED) is 0.157. The molecule has 0 aliphatic carbocycles. The van der Waals surface area contributed by atoms with E-state index < -0.39 is 0 Å². The Hall–Kier alpha value is -9.71. The largest absolute Gasteiger partial charge is 0.315 e. The molecule has 0 aliphatic rings. The van der Waals surface area contributed by atoms with Crippen molar-refractivity contribution in [2.24, 2.45) is 0 Å². The van der Waals surface area contributed by atoms with E-state index >= 15 is 0 Å². The van der Waals surface area contributed by atoms with Crippen molar-refractivity contribution < 1.29 is 0 Å². The van der Waals surface area contributed by atoms with Gasteiger partial charge in [-0.05, 0) is 99.9 Å². The summed E-state index contributed by atoms with van der Waals surface area (Å²) in [4.78, 5) is 5.44. The van der Waals surface area contributed by atoms with Crippen LogP contribution >= 0.6 is 0 Å². The standard InChI is InChI=1S/C67H43N5/c1-4-16-44(17-5-1)45-32-35-52(36-33-45)71-61-27-15-13-25-57(61)62-58(42-49-39-41-70(64(49)66(62)71)51-20-8-3-9-21-51)46-28-30-47(31-29-46)59-43-68-67(56-24-11-10-22-53(56)59)72-60-26-14-12-23-54(60)55-37-34-48-38-40-69(63(48)65(55)72)50-18-6-2-7-19-50/h1-43H. The maximum atomic E-state index is 5.44. The first-order valence-electron chi connectivity index (χ1n) is 24.6. The van der Waals surface area contributed by atoms with Gasteiger partial charge in [0.1, 0.15) is 5.82 Å². The van der Waals surface area contributed by atoms with Gasteiger partial charge in [-0.2, -0.15) is 0 Å². The molecule has 72 heavy (non-hydrogen) atoms. The van der Waals surface area contributed by atoms with Gasteiger partial charge in [-0.3, -0.25) is 4.57 Å². The molecule has 10 aromatic carbocycles. The molecule has 5 heterocycles. The predicted molar refractivity (Wildman–Crippen MR) is 300 cm³/mol. The van der Waals surface area contributed by atoms with Crippen molar-refractivity contribution in [1.29, 1.82) is 0 Å². The first-order valence-corrected chi connectivity index (χ1v) is 24.6. The lowest BCUT2D eigenvalue weighted by atomic mass is 9.94. The zero-order valence-electron chi connectivity index (χ0n) is 39.1. The molecule has 15 aromatic rings. The molecule has 0 amide bonds. The maximum Gasteiger partial charge on any atom is 0.145 e. The van der Waals surface area contributed by atoms with Crippen LogP contribution in [-0.4, -0.2) is 23.3 Å². The van der Waals surface area contributed by atoms with Gasteiger partial charge >= 0.3 is 0 Å². The van der Waals surface area contributed by atoms with Crippen molar-refractivity contribution in [2.75, 3.05) is 0 Å². The fraction of sp³-hybridized carbons (Fsp3) is 0. The van der Waals surface area contributed by atoms with Crippen molar-refractivity contribution in [3.63, 3.8) is 0 Å². The Morgan fingerprint density at radius 3 is 1.49 bits per heavy atom. The highest BCUT2D eigenvalue weighted by atomic mass is 15.1. The van der Waals surface area contributed by atoms with Crippen molar-refractivity contribution >= 4 is 76.2 Å². The fourth-order valence-electron chi connectivity index (χ4n) is 11.6. The summed E-state index contributed by atoms with van der Waals surface area (Å²) in [7, 11) is 0. The summed E-state index contributed by atoms with van der Waals surface area (Å²) in [5, 5.41) is 9.45. The molecular formula is C67H43N5. The number of benzene rings is 10. The third kappa shape index (κ3) is 6.04. The van der Waals surface area contributed by atoms with Crippen LogP contribution < -0.4 is 0 Å². The maximum absolute atomic E-state index is 5.44. The van der Waals surface area contributed by atoms with Crippen LogP contribution in [0.25, 0.3) is 132 Å². The van der Waals surface area contributed by atoms with E-state index in [1.54, 1.807) is 0 Å². The average Bonchev–Trinajstić information content (AvgIpc) is 4.25. The molecule has 0 spiro atoms. The zero-order chi connectivity index (χ0) is 47.3. The van der Waals surface area contributed by atoms with E-state index in [4.69, 9.17) is 4.98 Å². The Balaban J connectivity index is 0.911. The summed E-state index contributed by atoms with van der Waals surface area (Å²) in [6.07, 6.45) is 6.49. The summed E-state index contributed by atoms with van der Waals surface area (Å²) in [6.45, 7) is 0. The number of hydrogen-bond acceptors (Lipinski definition) is 1. The summed E-state index contributed by atoms with van der Waals surface area (Å²) >= 11 is 0. The van der Waals surface area contributed by atoms with E-state index in [0.29, 0.717) is 0 Å². The van der Waals surface area contributed by atoms with Gasteiger partial charge in [-0.1, -0.05) is 176 Å². The van der Waals surface area contributed by atoms with Crippen molar-refractivity contribution in [3.05, 3.63) is 261 Å². The summed E-state index contributed by atoms with van der Waals surface area (Å²) in [5.74, 6) is 0.912. The average molecular weight is 918 g/mol. The highest BCUT2D eigenvalue weighted by Gasteiger charge is 2.24. The molecule has 0 fully saturated rings. The van der Waals surface area contributed by atoms with Gasteiger partial charge in [0.15, 0.2) is 0 Å². The lowest BCUT2D eigenvalue weighted by Crippen LogP contribution is -2.01. The highest BCUT2D eigenvalue weighted by molar-refractivity contribution is 6.24. The van der Waals surface area contributed by atoms with Crippen LogP contribution in [0.2, 0.25) is 0 Å². The van der Waals surface area contributed by atoms with E-state index in [0.717, 1.165) is 66.9 Å². The van der Waals surface area contributed by atoms with Gasteiger partial charge in [0.25, 0.3) is 0 Å². The van der Waals surface area contributed by atoms with Gasteiger partial charge < -0.3 is 13.7 Å². The van der Waals surface area contributed by atoms with E-state index in [-0.39, 0.29) is 0 Å². The molecule has 0 atom stereocenters. The zero-order valence-corrected chi connectivity index (χ0v) is 39.1. The monoisotopic (exact) mass is 917 g/mol. The van der Waals surface area contributed by atoms with Gasteiger partial charge in [-0.25, -0.2) is 4.98 Å².